The summed E-state index contributed by atoms with van der Waals surface area (Å²) in [5, 5.41) is 3.55. The van der Waals surface area contributed by atoms with Crippen LogP contribution in [0.3, 0.4) is 0 Å². The fourth-order valence-corrected chi connectivity index (χ4v) is 4.57. The zero-order chi connectivity index (χ0) is 27.9. The van der Waals surface area contributed by atoms with Crippen molar-refractivity contribution >= 4 is 46.4 Å². The minimum atomic E-state index is -0.284. The van der Waals surface area contributed by atoms with E-state index in [0.29, 0.717) is 51.6 Å². The van der Waals surface area contributed by atoms with Crippen LogP contribution in [0.15, 0.2) is 97.1 Å². The number of nitrogens with zero attached hydrogens (tertiary/aromatic N) is 2. The predicted octanol–water partition coefficient (Wildman–Crippen LogP) is 6.77. The van der Waals surface area contributed by atoms with Gasteiger partial charge in [0.1, 0.15) is 17.2 Å². The maximum Gasteiger partial charge on any atom is 0.260 e. The summed E-state index contributed by atoms with van der Waals surface area (Å²) in [5.41, 5.74) is 2.11. The topological polar surface area (TPSA) is 71.1 Å². The standard InChI is InChI=1S/C31H27Cl2N3O4/c32-28-15-6-22(20-29(28)33)31(38)34-23-7-11-26(12-8-23)40-27-13-9-24(10-14-27)35-16-18-36(19-17-35)30(37)21-39-25-4-2-1-3-5-25/h1-15,20H,16-19,21H2,(H,34,38). The third kappa shape index (κ3) is 7.05. The number of halogens is 2. The van der Waals surface area contributed by atoms with Crippen molar-refractivity contribution in [3.8, 4) is 17.2 Å². The SMILES string of the molecule is O=C(Nc1ccc(Oc2ccc(N3CCN(C(=O)COc4ccccc4)CC3)cc2)cc1)c1ccc(Cl)c(Cl)c1. The van der Waals surface area contributed by atoms with E-state index in [1.807, 2.05) is 59.5 Å². The second kappa shape index (κ2) is 12.8. The first-order valence-corrected chi connectivity index (χ1v) is 13.6. The zero-order valence-corrected chi connectivity index (χ0v) is 23.1. The number of hydrogen-bond acceptors (Lipinski definition) is 5. The molecule has 5 rings (SSSR count). The van der Waals surface area contributed by atoms with Gasteiger partial charge in [0.05, 0.1) is 10.0 Å². The lowest BCUT2D eigenvalue weighted by Gasteiger charge is -2.36. The van der Waals surface area contributed by atoms with Gasteiger partial charge in [-0.2, -0.15) is 0 Å². The van der Waals surface area contributed by atoms with Crippen molar-refractivity contribution in [2.24, 2.45) is 0 Å². The molecule has 9 heteroatoms. The Morgan fingerprint density at radius 3 is 2.02 bits per heavy atom. The molecule has 1 aliphatic rings. The first-order chi connectivity index (χ1) is 19.4. The second-order valence-electron chi connectivity index (χ2n) is 9.17. The first kappa shape index (κ1) is 27.4. The van der Waals surface area contributed by atoms with Gasteiger partial charge in [-0.3, -0.25) is 9.59 Å². The molecule has 0 aliphatic carbocycles. The molecule has 0 radical (unpaired) electrons. The quantitative estimate of drug-likeness (QED) is 0.251. The average molecular weight is 576 g/mol. The maximum absolute atomic E-state index is 12.5. The second-order valence-corrected chi connectivity index (χ2v) is 9.99. The van der Waals surface area contributed by atoms with E-state index in [2.05, 4.69) is 10.2 Å². The molecule has 4 aromatic rings. The van der Waals surface area contributed by atoms with E-state index < -0.39 is 0 Å². The number of hydrogen-bond donors (Lipinski definition) is 1. The number of carbonyl (C=O) groups is 2. The highest BCUT2D eigenvalue weighted by Crippen LogP contribution is 2.27. The molecule has 204 valence electrons. The van der Waals surface area contributed by atoms with Gasteiger partial charge in [0.15, 0.2) is 6.61 Å². The van der Waals surface area contributed by atoms with E-state index in [1.165, 1.54) is 6.07 Å². The van der Waals surface area contributed by atoms with Crippen LogP contribution in [0.25, 0.3) is 0 Å². The molecule has 0 spiro atoms. The van der Waals surface area contributed by atoms with Crippen LogP contribution in [0.1, 0.15) is 10.4 Å². The highest BCUT2D eigenvalue weighted by molar-refractivity contribution is 6.42. The number of benzene rings is 4. The van der Waals surface area contributed by atoms with Crippen LogP contribution in [0, 0.1) is 0 Å². The number of amides is 2. The molecule has 0 bridgehead atoms. The summed E-state index contributed by atoms with van der Waals surface area (Å²) in [6.45, 7) is 2.81. The highest BCUT2D eigenvalue weighted by Gasteiger charge is 2.21. The van der Waals surface area contributed by atoms with Crippen molar-refractivity contribution in [2.75, 3.05) is 43.0 Å². The molecule has 2 amide bonds. The van der Waals surface area contributed by atoms with Crippen LogP contribution in [0.4, 0.5) is 11.4 Å². The van der Waals surface area contributed by atoms with Gasteiger partial charge in [0, 0.05) is 43.1 Å². The number of para-hydroxylation sites is 1. The van der Waals surface area contributed by atoms with E-state index in [-0.39, 0.29) is 18.4 Å². The monoisotopic (exact) mass is 575 g/mol. The highest BCUT2D eigenvalue weighted by atomic mass is 35.5. The molecule has 1 heterocycles. The number of ether oxygens (including phenoxy) is 2. The van der Waals surface area contributed by atoms with E-state index in [1.54, 1.807) is 36.4 Å². The van der Waals surface area contributed by atoms with Gasteiger partial charge in [-0.15, -0.1) is 0 Å². The fraction of sp³-hybridized carbons (Fsp3) is 0.161. The van der Waals surface area contributed by atoms with Gasteiger partial charge < -0.3 is 24.6 Å². The molecular formula is C31H27Cl2N3O4. The Kier molecular flexibility index (Phi) is 8.74. The zero-order valence-electron chi connectivity index (χ0n) is 21.6. The number of piperazine rings is 1. The number of carbonyl (C=O) groups excluding carboxylic acids is 2. The number of nitrogens with one attached hydrogen (secondary N) is 1. The summed E-state index contributed by atoms with van der Waals surface area (Å²) in [6, 6.07) is 29.1. The Bertz CT molecular complexity index is 1460. The van der Waals surface area contributed by atoms with Crippen molar-refractivity contribution < 1.29 is 19.1 Å². The number of rotatable bonds is 8. The van der Waals surface area contributed by atoms with Crippen LogP contribution < -0.4 is 19.7 Å². The molecule has 0 saturated carbocycles. The lowest BCUT2D eigenvalue weighted by Crippen LogP contribution is -2.50. The van der Waals surface area contributed by atoms with Crippen LogP contribution in [0.2, 0.25) is 10.0 Å². The Hall–Kier alpha value is -4.20. The molecule has 40 heavy (non-hydrogen) atoms. The van der Waals surface area contributed by atoms with Crippen molar-refractivity contribution in [1.29, 1.82) is 0 Å². The average Bonchev–Trinajstić information content (AvgIpc) is 2.99. The molecule has 1 N–H and O–H groups in total. The van der Waals surface area contributed by atoms with Crippen LogP contribution in [-0.4, -0.2) is 49.5 Å². The summed E-state index contributed by atoms with van der Waals surface area (Å²) in [4.78, 5) is 29.1. The lowest BCUT2D eigenvalue weighted by atomic mass is 10.2. The Morgan fingerprint density at radius 1 is 0.725 bits per heavy atom. The lowest BCUT2D eigenvalue weighted by molar-refractivity contribution is -0.133. The van der Waals surface area contributed by atoms with Crippen molar-refractivity contribution in [3.05, 3.63) is 113 Å². The molecular weight excluding hydrogens is 549 g/mol. The molecule has 1 aliphatic heterocycles. The van der Waals surface area contributed by atoms with Gasteiger partial charge in [0.2, 0.25) is 0 Å². The Balaban J connectivity index is 1.09. The summed E-state index contributed by atoms with van der Waals surface area (Å²) in [5.74, 6) is 1.74. The fourth-order valence-electron chi connectivity index (χ4n) is 4.28. The van der Waals surface area contributed by atoms with Gasteiger partial charge in [-0.1, -0.05) is 41.4 Å². The molecule has 1 fully saturated rings. The molecule has 7 nitrogen and oxygen atoms in total. The summed E-state index contributed by atoms with van der Waals surface area (Å²) >= 11 is 11.9. The van der Waals surface area contributed by atoms with E-state index in [4.69, 9.17) is 32.7 Å². The summed E-state index contributed by atoms with van der Waals surface area (Å²) in [7, 11) is 0. The molecule has 1 saturated heterocycles. The van der Waals surface area contributed by atoms with E-state index in [9.17, 15) is 9.59 Å². The molecule has 4 aromatic carbocycles. The smallest absolute Gasteiger partial charge is 0.260 e. The minimum absolute atomic E-state index is 0.00721. The minimum Gasteiger partial charge on any atom is -0.484 e. The third-order valence-corrected chi connectivity index (χ3v) is 7.21. The first-order valence-electron chi connectivity index (χ1n) is 12.8. The largest absolute Gasteiger partial charge is 0.484 e. The van der Waals surface area contributed by atoms with Gasteiger partial charge in [-0.25, -0.2) is 0 Å². The molecule has 0 atom stereocenters. The summed E-state index contributed by atoms with van der Waals surface area (Å²) in [6.07, 6.45) is 0. The van der Waals surface area contributed by atoms with Crippen molar-refractivity contribution in [3.63, 3.8) is 0 Å². The van der Waals surface area contributed by atoms with Gasteiger partial charge >= 0.3 is 0 Å². The van der Waals surface area contributed by atoms with E-state index >= 15 is 0 Å². The molecule has 0 unspecified atom stereocenters. The Morgan fingerprint density at radius 2 is 1.38 bits per heavy atom. The van der Waals surface area contributed by atoms with Crippen molar-refractivity contribution in [2.45, 2.75) is 0 Å². The Labute approximate surface area is 242 Å². The third-order valence-electron chi connectivity index (χ3n) is 6.47. The van der Waals surface area contributed by atoms with Crippen molar-refractivity contribution in [1.82, 2.24) is 4.90 Å². The summed E-state index contributed by atoms with van der Waals surface area (Å²) < 4.78 is 11.6. The van der Waals surface area contributed by atoms with Gasteiger partial charge in [0.25, 0.3) is 11.8 Å². The normalized spacial score (nSPS) is 13.1. The van der Waals surface area contributed by atoms with Crippen LogP contribution in [-0.2, 0) is 4.79 Å². The maximum atomic E-state index is 12.5. The number of anilines is 2. The van der Waals surface area contributed by atoms with Crippen LogP contribution >= 0.6 is 23.2 Å². The predicted molar refractivity (Wildman–Crippen MR) is 158 cm³/mol. The van der Waals surface area contributed by atoms with Gasteiger partial charge in [-0.05, 0) is 78.9 Å². The van der Waals surface area contributed by atoms with E-state index in [0.717, 1.165) is 18.8 Å². The van der Waals surface area contributed by atoms with Crippen LogP contribution in [0.5, 0.6) is 17.2 Å². The molecule has 0 aromatic heterocycles.